The van der Waals surface area contributed by atoms with Crippen LogP contribution in [-0.4, -0.2) is 12.0 Å². The molecule has 0 saturated carbocycles. The molecule has 2 heteroatoms. The first-order valence-electron chi connectivity index (χ1n) is 5.57. The van der Waals surface area contributed by atoms with E-state index >= 15 is 0 Å². The van der Waals surface area contributed by atoms with Crippen molar-refractivity contribution < 1.29 is 4.74 Å². The zero-order valence-electron chi connectivity index (χ0n) is 9.79. The van der Waals surface area contributed by atoms with Gasteiger partial charge in [-0.15, -0.1) is 11.6 Å². The number of hydrogen-bond acceptors (Lipinski definition) is 1. The second kappa shape index (κ2) is 7.19. The maximum atomic E-state index is 5.67. The Bertz CT molecular complexity index is 359. The Morgan fingerprint density at radius 3 is 2.56 bits per heavy atom. The Morgan fingerprint density at radius 1 is 1.31 bits per heavy atom. The number of ether oxygens (including phenoxy) is 1. The van der Waals surface area contributed by atoms with E-state index in [9.17, 15) is 0 Å². The van der Waals surface area contributed by atoms with E-state index in [1.807, 2.05) is 24.3 Å². The third-order valence-electron chi connectivity index (χ3n) is 2.22. The minimum Gasteiger partial charge on any atom is -0.491 e. The van der Waals surface area contributed by atoms with Gasteiger partial charge in [0.25, 0.3) is 0 Å². The van der Waals surface area contributed by atoms with E-state index in [-0.39, 0.29) is 6.10 Å². The summed E-state index contributed by atoms with van der Waals surface area (Å²) in [5.41, 5.74) is 1.00. The van der Waals surface area contributed by atoms with Gasteiger partial charge in [0.15, 0.2) is 0 Å². The first-order valence-corrected chi connectivity index (χ1v) is 6.11. The number of alkyl halides is 1. The van der Waals surface area contributed by atoms with Crippen LogP contribution >= 0.6 is 11.6 Å². The highest BCUT2D eigenvalue weighted by Crippen LogP contribution is 2.14. The maximum absolute atomic E-state index is 5.67. The fourth-order valence-corrected chi connectivity index (χ4v) is 1.24. The average Bonchev–Trinajstić information content (AvgIpc) is 2.31. The van der Waals surface area contributed by atoms with E-state index < -0.39 is 0 Å². The van der Waals surface area contributed by atoms with Gasteiger partial charge < -0.3 is 4.74 Å². The second-order valence-electron chi connectivity index (χ2n) is 3.60. The van der Waals surface area contributed by atoms with Crippen molar-refractivity contribution in [2.45, 2.75) is 32.8 Å². The molecule has 0 aliphatic heterocycles. The highest BCUT2D eigenvalue weighted by Gasteiger charge is 1.99. The van der Waals surface area contributed by atoms with Crippen molar-refractivity contribution >= 4 is 11.6 Å². The highest BCUT2D eigenvalue weighted by atomic mass is 35.5. The molecule has 1 nitrogen and oxygen atoms in total. The van der Waals surface area contributed by atoms with Gasteiger partial charge in [-0.05, 0) is 37.6 Å². The van der Waals surface area contributed by atoms with Gasteiger partial charge in [-0.25, -0.2) is 0 Å². The van der Waals surface area contributed by atoms with E-state index in [4.69, 9.17) is 16.3 Å². The van der Waals surface area contributed by atoms with Gasteiger partial charge in [0.1, 0.15) is 5.75 Å². The van der Waals surface area contributed by atoms with Gasteiger partial charge in [0.2, 0.25) is 0 Å². The molecule has 0 amide bonds. The van der Waals surface area contributed by atoms with Crippen LogP contribution in [0.25, 0.3) is 0 Å². The van der Waals surface area contributed by atoms with Crippen molar-refractivity contribution in [3.05, 3.63) is 29.8 Å². The van der Waals surface area contributed by atoms with Crippen LogP contribution in [0.2, 0.25) is 0 Å². The van der Waals surface area contributed by atoms with Crippen LogP contribution < -0.4 is 4.74 Å². The van der Waals surface area contributed by atoms with Crippen LogP contribution in [0.15, 0.2) is 24.3 Å². The van der Waals surface area contributed by atoms with Gasteiger partial charge in [-0.3, -0.25) is 0 Å². The molecule has 1 aromatic carbocycles. The molecule has 1 aromatic rings. The van der Waals surface area contributed by atoms with Crippen LogP contribution in [0.5, 0.6) is 5.75 Å². The monoisotopic (exact) mass is 236 g/mol. The van der Waals surface area contributed by atoms with Crippen molar-refractivity contribution in [3.8, 4) is 17.6 Å². The molecule has 0 heterocycles. The summed E-state index contributed by atoms with van der Waals surface area (Å²) in [5.74, 6) is 7.54. The Morgan fingerprint density at radius 2 is 2.00 bits per heavy atom. The first kappa shape index (κ1) is 12.9. The molecule has 0 bridgehead atoms. The molecule has 0 N–H and O–H groups in total. The third kappa shape index (κ3) is 4.59. The zero-order chi connectivity index (χ0) is 11.8. The molecule has 0 spiro atoms. The quantitative estimate of drug-likeness (QED) is 0.570. The predicted octanol–water partition coefficient (Wildman–Crippen LogP) is 3.84. The van der Waals surface area contributed by atoms with Crippen molar-refractivity contribution in [2.24, 2.45) is 0 Å². The van der Waals surface area contributed by atoms with Gasteiger partial charge >= 0.3 is 0 Å². The lowest BCUT2D eigenvalue weighted by molar-refractivity contribution is 0.217. The lowest BCUT2D eigenvalue weighted by Gasteiger charge is -2.11. The van der Waals surface area contributed by atoms with Crippen LogP contribution in [-0.2, 0) is 0 Å². The minimum absolute atomic E-state index is 0.258. The lowest BCUT2D eigenvalue weighted by Crippen LogP contribution is -2.09. The standard InChI is InChI=1S/C14H17ClO/c1-3-12(2)16-14-9-7-13(8-10-14)6-4-5-11-15/h7-10,12H,3,5,11H2,1-2H3. The number of benzene rings is 1. The Labute approximate surface area is 103 Å². The molecular formula is C14H17ClO. The summed E-state index contributed by atoms with van der Waals surface area (Å²) in [5, 5.41) is 0. The highest BCUT2D eigenvalue weighted by molar-refractivity contribution is 6.18. The van der Waals surface area contributed by atoms with Crippen LogP contribution in [0.3, 0.4) is 0 Å². The average molecular weight is 237 g/mol. The van der Waals surface area contributed by atoms with E-state index in [1.54, 1.807) is 0 Å². The molecule has 0 aliphatic carbocycles. The van der Waals surface area contributed by atoms with Crippen molar-refractivity contribution in [1.82, 2.24) is 0 Å². The SMILES string of the molecule is CCC(C)Oc1ccc(C#CCCCl)cc1. The van der Waals surface area contributed by atoms with Crippen molar-refractivity contribution in [2.75, 3.05) is 5.88 Å². The number of rotatable bonds is 4. The lowest BCUT2D eigenvalue weighted by atomic mass is 10.2. The second-order valence-corrected chi connectivity index (χ2v) is 3.98. The number of hydrogen-bond donors (Lipinski definition) is 0. The van der Waals surface area contributed by atoms with Crippen LogP contribution in [0.1, 0.15) is 32.3 Å². The Kier molecular flexibility index (Phi) is 5.82. The van der Waals surface area contributed by atoms with Gasteiger partial charge in [-0.2, -0.15) is 0 Å². The topological polar surface area (TPSA) is 9.23 Å². The molecule has 16 heavy (non-hydrogen) atoms. The van der Waals surface area contributed by atoms with Crippen LogP contribution in [0, 0.1) is 11.8 Å². The zero-order valence-corrected chi connectivity index (χ0v) is 10.6. The molecule has 86 valence electrons. The van der Waals surface area contributed by atoms with E-state index in [1.165, 1.54) is 0 Å². The molecule has 0 radical (unpaired) electrons. The summed E-state index contributed by atoms with van der Waals surface area (Å²) in [6.07, 6.45) is 2.00. The number of halogens is 1. The fraction of sp³-hybridized carbons (Fsp3) is 0.429. The molecule has 1 atom stereocenters. The first-order chi connectivity index (χ1) is 7.76. The van der Waals surface area contributed by atoms with Gasteiger partial charge in [0.05, 0.1) is 6.10 Å². The summed E-state index contributed by atoms with van der Waals surface area (Å²) in [7, 11) is 0. The summed E-state index contributed by atoms with van der Waals surface area (Å²) < 4.78 is 5.67. The Hall–Kier alpha value is -1.13. The molecule has 0 aliphatic rings. The summed E-state index contributed by atoms with van der Waals surface area (Å²) >= 11 is 5.54. The summed E-state index contributed by atoms with van der Waals surface area (Å²) in [6, 6.07) is 7.85. The third-order valence-corrected chi connectivity index (χ3v) is 2.41. The van der Waals surface area contributed by atoms with Crippen molar-refractivity contribution in [1.29, 1.82) is 0 Å². The van der Waals surface area contributed by atoms with Crippen molar-refractivity contribution in [3.63, 3.8) is 0 Å². The smallest absolute Gasteiger partial charge is 0.119 e. The molecule has 1 rings (SSSR count). The molecular weight excluding hydrogens is 220 g/mol. The predicted molar refractivity (Wildman–Crippen MR) is 69.0 cm³/mol. The summed E-state index contributed by atoms with van der Waals surface area (Å²) in [4.78, 5) is 0. The summed E-state index contributed by atoms with van der Waals surface area (Å²) in [6.45, 7) is 4.17. The molecule has 0 fully saturated rings. The largest absolute Gasteiger partial charge is 0.491 e. The van der Waals surface area contributed by atoms with E-state index in [0.29, 0.717) is 5.88 Å². The van der Waals surface area contributed by atoms with E-state index in [0.717, 1.165) is 24.2 Å². The van der Waals surface area contributed by atoms with Gasteiger partial charge in [0, 0.05) is 17.9 Å². The minimum atomic E-state index is 0.258. The van der Waals surface area contributed by atoms with Gasteiger partial charge in [-0.1, -0.05) is 18.8 Å². The van der Waals surface area contributed by atoms with Crippen LogP contribution in [0.4, 0.5) is 0 Å². The normalized spacial score (nSPS) is 11.4. The molecule has 0 aromatic heterocycles. The van der Waals surface area contributed by atoms with E-state index in [2.05, 4.69) is 25.7 Å². The fourth-order valence-electron chi connectivity index (χ4n) is 1.14. The molecule has 0 saturated heterocycles. The Balaban J connectivity index is 2.58. The maximum Gasteiger partial charge on any atom is 0.119 e. The molecule has 1 unspecified atom stereocenters.